The molecule has 0 spiro atoms. The minimum absolute atomic E-state index is 0.0240. The molecule has 3 N–H and O–H groups in total. The molecule has 0 aliphatic carbocycles. The van der Waals surface area contributed by atoms with E-state index >= 15 is 0 Å². The number of amides is 1. The van der Waals surface area contributed by atoms with Crippen molar-refractivity contribution in [3.05, 3.63) is 24.3 Å². The lowest BCUT2D eigenvalue weighted by Crippen LogP contribution is -2.45. The van der Waals surface area contributed by atoms with Crippen LogP contribution in [0.25, 0.3) is 0 Å². The van der Waals surface area contributed by atoms with Crippen LogP contribution < -0.4 is 5.32 Å². The zero-order valence-electron chi connectivity index (χ0n) is 52.2. The Kier molecular flexibility index (Phi) is 65.4. The van der Waals surface area contributed by atoms with Gasteiger partial charge in [-0.2, -0.15) is 0 Å². The Hall–Kier alpha value is -1.66. The topological polar surface area (TPSA) is 95.9 Å². The van der Waals surface area contributed by atoms with E-state index < -0.39 is 12.1 Å². The summed E-state index contributed by atoms with van der Waals surface area (Å²) in [5.41, 5.74) is 0. The molecule has 456 valence electrons. The Bertz CT molecular complexity index is 1200. The summed E-state index contributed by atoms with van der Waals surface area (Å²) >= 11 is 0. The molecule has 2 atom stereocenters. The van der Waals surface area contributed by atoms with E-state index in [1.807, 2.05) is 6.08 Å². The normalized spacial score (nSPS) is 12.6. The third-order valence-corrected chi connectivity index (χ3v) is 16.5. The van der Waals surface area contributed by atoms with Gasteiger partial charge in [0.2, 0.25) is 5.91 Å². The summed E-state index contributed by atoms with van der Waals surface area (Å²) in [5.74, 6) is -0.0412. The number of nitrogens with one attached hydrogen (secondary N) is 1. The molecule has 0 aliphatic heterocycles. The predicted molar refractivity (Wildman–Crippen MR) is 338 cm³/mol. The summed E-state index contributed by atoms with van der Waals surface area (Å²) in [7, 11) is 0. The fraction of sp³-hybridized carbons (Fsp3) is 0.915. The molecule has 0 heterocycles. The summed E-state index contributed by atoms with van der Waals surface area (Å²) in [4.78, 5) is 24.5. The van der Waals surface area contributed by atoms with Crippen LogP contribution >= 0.6 is 0 Å². The molecular formula is C71H137NO5. The van der Waals surface area contributed by atoms with Gasteiger partial charge in [0.15, 0.2) is 0 Å². The number of rotatable bonds is 66. The maximum absolute atomic E-state index is 12.4. The molecule has 0 aromatic carbocycles. The lowest BCUT2D eigenvalue weighted by molar-refractivity contribution is -0.143. The van der Waals surface area contributed by atoms with Crippen molar-refractivity contribution < 1.29 is 24.5 Å². The molecule has 1 amide bonds. The van der Waals surface area contributed by atoms with Gasteiger partial charge >= 0.3 is 5.97 Å². The number of carbonyl (C=O) groups is 2. The molecule has 0 rings (SSSR count). The summed E-state index contributed by atoms with van der Waals surface area (Å²) < 4.78 is 5.50. The van der Waals surface area contributed by atoms with Crippen LogP contribution in [0.15, 0.2) is 24.3 Å². The number of carbonyl (C=O) groups excluding carboxylic acids is 2. The third-order valence-electron chi connectivity index (χ3n) is 16.5. The Labute approximate surface area is 481 Å². The number of esters is 1. The number of hydrogen-bond donors (Lipinski definition) is 3. The lowest BCUT2D eigenvalue weighted by Gasteiger charge is -2.20. The quantitative estimate of drug-likeness (QED) is 0.0320. The van der Waals surface area contributed by atoms with Crippen molar-refractivity contribution in [3.8, 4) is 0 Å². The van der Waals surface area contributed by atoms with Gasteiger partial charge < -0.3 is 20.3 Å². The van der Waals surface area contributed by atoms with E-state index in [2.05, 4.69) is 31.3 Å². The van der Waals surface area contributed by atoms with Crippen molar-refractivity contribution >= 4 is 11.9 Å². The van der Waals surface area contributed by atoms with Crippen molar-refractivity contribution in [2.75, 3.05) is 13.2 Å². The first kappa shape index (κ1) is 75.3. The summed E-state index contributed by atoms with van der Waals surface area (Å²) in [6.07, 6.45) is 84.3. The maximum atomic E-state index is 12.4. The largest absolute Gasteiger partial charge is 0.466 e. The van der Waals surface area contributed by atoms with E-state index in [1.165, 1.54) is 327 Å². The summed E-state index contributed by atoms with van der Waals surface area (Å²) in [6.45, 7) is 4.91. The van der Waals surface area contributed by atoms with E-state index in [4.69, 9.17) is 4.74 Å². The van der Waals surface area contributed by atoms with Crippen molar-refractivity contribution in [1.82, 2.24) is 5.32 Å². The van der Waals surface area contributed by atoms with Crippen LogP contribution in [-0.4, -0.2) is 47.4 Å². The number of hydrogen-bond acceptors (Lipinski definition) is 5. The second kappa shape index (κ2) is 66.8. The highest BCUT2D eigenvalue weighted by Gasteiger charge is 2.18. The van der Waals surface area contributed by atoms with Gasteiger partial charge in [-0.05, 0) is 57.8 Å². The zero-order valence-corrected chi connectivity index (χ0v) is 52.2. The summed E-state index contributed by atoms with van der Waals surface area (Å²) in [6, 6.07) is -0.622. The summed E-state index contributed by atoms with van der Waals surface area (Å²) in [5, 5.41) is 23.0. The van der Waals surface area contributed by atoms with Crippen molar-refractivity contribution in [2.24, 2.45) is 0 Å². The van der Waals surface area contributed by atoms with Crippen LogP contribution in [0.3, 0.4) is 0 Å². The SMILES string of the molecule is CCCCCCCCC/C=C/C(O)C(CO)NC(=O)CCCCCCCCCCCCCCCCCCC/C=C\CCCCCCCCCCCCCCCCCCOC(=O)CCCCCCCCCCCCCCCC. The number of aliphatic hydroxyl groups is 2. The molecule has 2 unspecified atom stereocenters. The Balaban J connectivity index is 3.30. The van der Waals surface area contributed by atoms with Gasteiger partial charge in [0.25, 0.3) is 0 Å². The smallest absolute Gasteiger partial charge is 0.305 e. The Morgan fingerprint density at radius 3 is 0.922 bits per heavy atom. The van der Waals surface area contributed by atoms with Gasteiger partial charge in [0.1, 0.15) is 0 Å². The first-order valence-electron chi connectivity index (χ1n) is 35.1. The van der Waals surface area contributed by atoms with Gasteiger partial charge in [0, 0.05) is 12.8 Å². The molecule has 0 fully saturated rings. The van der Waals surface area contributed by atoms with Crippen LogP contribution in [0.4, 0.5) is 0 Å². The van der Waals surface area contributed by atoms with E-state index in [9.17, 15) is 19.8 Å². The zero-order chi connectivity index (χ0) is 55.7. The number of aliphatic hydroxyl groups excluding tert-OH is 2. The molecule has 77 heavy (non-hydrogen) atoms. The van der Waals surface area contributed by atoms with Gasteiger partial charge in [0.05, 0.1) is 25.4 Å². The second-order valence-corrected chi connectivity index (χ2v) is 24.2. The first-order chi connectivity index (χ1) is 38.0. The molecule has 6 nitrogen and oxygen atoms in total. The minimum Gasteiger partial charge on any atom is -0.466 e. The van der Waals surface area contributed by atoms with E-state index in [0.717, 1.165) is 38.5 Å². The molecule has 0 aliphatic rings. The monoisotopic (exact) mass is 1080 g/mol. The molecule has 0 radical (unpaired) electrons. The standard InChI is InChI=1S/C71H137NO5/c1-3-5-7-9-11-13-14-15-42-45-49-53-57-61-65-71(76)77-66-62-58-54-50-46-43-40-38-36-34-32-30-28-26-24-22-20-18-16-17-19-21-23-25-27-29-31-33-35-37-39-41-44-48-52-56-60-64-70(75)72-68(67-73)69(74)63-59-55-51-47-12-10-8-6-4-2/h16,18,59,63,68-69,73-74H,3-15,17,19-58,60-62,64-67H2,1-2H3,(H,72,75)/b18-16-,63-59+. The minimum atomic E-state index is -0.839. The third kappa shape index (κ3) is 63.4. The number of ether oxygens (including phenoxy) is 1. The average Bonchev–Trinajstić information content (AvgIpc) is 3.43. The Morgan fingerprint density at radius 2 is 0.610 bits per heavy atom. The molecule has 0 saturated heterocycles. The second-order valence-electron chi connectivity index (χ2n) is 24.2. The number of allylic oxidation sites excluding steroid dienone is 3. The maximum Gasteiger partial charge on any atom is 0.305 e. The van der Waals surface area contributed by atoms with Gasteiger partial charge in [-0.15, -0.1) is 0 Å². The average molecular weight is 1080 g/mol. The van der Waals surface area contributed by atoms with Crippen LogP contribution in [0.5, 0.6) is 0 Å². The highest BCUT2D eigenvalue weighted by atomic mass is 16.5. The highest BCUT2D eigenvalue weighted by molar-refractivity contribution is 5.76. The van der Waals surface area contributed by atoms with Crippen LogP contribution in [0, 0.1) is 0 Å². The van der Waals surface area contributed by atoms with Gasteiger partial charge in [-0.3, -0.25) is 9.59 Å². The molecule has 0 aromatic rings. The molecule has 6 heteroatoms. The van der Waals surface area contributed by atoms with Crippen molar-refractivity contribution in [1.29, 1.82) is 0 Å². The Morgan fingerprint density at radius 1 is 0.351 bits per heavy atom. The predicted octanol–water partition coefficient (Wildman–Crippen LogP) is 22.5. The fourth-order valence-corrected chi connectivity index (χ4v) is 11.1. The lowest BCUT2D eigenvalue weighted by atomic mass is 10.0. The van der Waals surface area contributed by atoms with Crippen LogP contribution in [0.1, 0.15) is 393 Å². The van der Waals surface area contributed by atoms with Gasteiger partial charge in [-0.1, -0.05) is 346 Å². The highest BCUT2D eigenvalue weighted by Crippen LogP contribution is 2.19. The molecule has 0 saturated carbocycles. The van der Waals surface area contributed by atoms with E-state index in [-0.39, 0.29) is 18.5 Å². The first-order valence-corrected chi connectivity index (χ1v) is 35.1. The van der Waals surface area contributed by atoms with E-state index in [0.29, 0.717) is 19.4 Å². The van der Waals surface area contributed by atoms with Crippen LogP contribution in [-0.2, 0) is 14.3 Å². The van der Waals surface area contributed by atoms with E-state index in [1.54, 1.807) is 6.08 Å². The van der Waals surface area contributed by atoms with Crippen molar-refractivity contribution in [2.45, 2.75) is 405 Å². The molecular weight excluding hydrogens is 947 g/mol. The molecule has 0 aromatic heterocycles. The van der Waals surface area contributed by atoms with Crippen LogP contribution in [0.2, 0.25) is 0 Å². The fourth-order valence-electron chi connectivity index (χ4n) is 11.1. The van der Waals surface area contributed by atoms with Crippen molar-refractivity contribution in [3.63, 3.8) is 0 Å². The number of unbranched alkanes of at least 4 members (excludes halogenated alkanes) is 53. The van der Waals surface area contributed by atoms with Gasteiger partial charge in [-0.25, -0.2) is 0 Å². The molecule has 0 bridgehead atoms.